The van der Waals surface area contributed by atoms with Crippen LogP contribution in [0.5, 0.6) is 0 Å². The smallest absolute Gasteiger partial charge is 0.423 e. The van der Waals surface area contributed by atoms with E-state index in [4.69, 9.17) is 4.74 Å². The fourth-order valence-electron chi connectivity index (χ4n) is 2.26. The summed E-state index contributed by atoms with van der Waals surface area (Å²) in [4.78, 5) is 12.2. The highest BCUT2D eigenvalue weighted by Gasteiger charge is 2.30. The second kappa shape index (κ2) is 7.46. The number of fused-ring (bicyclic) bond motifs is 1. The molecule has 0 N–H and O–H groups in total. The van der Waals surface area contributed by atoms with E-state index in [-0.39, 0.29) is 18.0 Å². The lowest BCUT2D eigenvalue weighted by atomic mass is 10.1. The summed E-state index contributed by atoms with van der Waals surface area (Å²) in [5.74, 6) is 0. The predicted octanol–water partition coefficient (Wildman–Crippen LogP) is 3.79. The van der Waals surface area contributed by atoms with Crippen LogP contribution >= 0.6 is 0 Å². The molecule has 0 unspecified atom stereocenters. The number of sulfonamides is 1. The summed E-state index contributed by atoms with van der Waals surface area (Å²) in [5.41, 5.74) is 0. The quantitative estimate of drug-likeness (QED) is 0.806. The zero-order chi connectivity index (χ0) is 16.9. The summed E-state index contributed by atoms with van der Waals surface area (Å²) >= 11 is 0. The number of unbranched alkanes of at least 4 members (excludes halogenated alkanes) is 1. The van der Waals surface area contributed by atoms with Gasteiger partial charge in [0.1, 0.15) is 0 Å². The molecule has 0 saturated carbocycles. The average molecular weight is 335 g/mol. The normalized spacial score (nSPS) is 11.4. The van der Waals surface area contributed by atoms with E-state index in [1.807, 2.05) is 31.2 Å². The van der Waals surface area contributed by atoms with Crippen molar-refractivity contribution in [2.75, 3.05) is 13.2 Å². The van der Waals surface area contributed by atoms with Crippen LogP contribution in [0.25, 0.3) is 10.8 Å². The SMILES string of the molecule is CCCCN(C(=O)OCC)S(=O)(=O)c1ccc2ccccc2c1. The van der Waals surface area contributed by atoms with E-state index in [0.29, 0.717) is 6.42 Å². The molecular weight excluding hydrogens is 314 g/mol. The van der Waals surface area contributed by atoms with Crippen molar-refractivity contribution in [3.05, 3.63) is 42.5 Å². The maximum absolute atomic E-state index is 12.8. The Bertz CT molecular complexity index is 786. The molecule has 5 nitrogen and oxygen atoms in total. The van der Waals surface area contributed by atoms with Gasteiger partial charge in [-0.1, -0.05) is 43.7 Å². The fraction of sp³-hybridized carbons (Fsp3) is 0.353. The Balaban J connectivity index is 2.43. The number of ether oxygens (including phenoxy) is 1. The van der Waals surface area contributed by atoms with Gasteiger partial charge in [0, 0.05) is 6.54 Å². The van der Waals surface area contributed by atoms with Crippen LogP contribution in [0.1, 0.15) is 26.7 Å². The third kappa shape index (κ3) is 3.82. The average Bonchev–Trinajstić information content (AvgIpc) is 2.55. The molecule has 0 saturated heterocycles. The summed E-state index contributed by atoms with van der Waals surface area (Å²) in [6.45, 7) is 3.84. The second-order valence-electron chi connectivity index (χ2n) is 5.14. The first-order valence-electron chi connectivity index (χ1n) is 7.69. The van der Waals surface area contributed by atoms with Crippen molar-refractivity contribution in [3.63, 3.8) is 0 Å². The molecule has 0 aliphatic heterocycles. The van der Waals surface area contributed by atoms with Crippen LogP contribution in [-0.2, 0) is 14.8 Å². The number of carbonyl (C=O) groups excluding carboxylic acids is 1. The van der Waals surface area contributed by atoms with Gasteiger partial charge in [-0.05, 0) is 36.2 Å². The first-order chi connectivity index (χ1) is 11.0. The van der Waals surface area contributed by atoms with Crippen LogP contribution in [0.15, 0.2) is 47.4 Å². The van der Waals surface area contributed by atoms with Gasteiger partial charge in [-0.25, -0.2) is 17.5 Å². The van der Waals surface area contributed by atoms with Gasteiger partial charge in [0.15, 0.2) is 0 Å². The van der Waals surface area contributed by atoms with Gasteiger partial charge in [-0.3, -0.25) is 0 Å². The lowest BCUT2D eigenvalue weighted by molar-refractivity contribution is 0.130. The van der Waals surface area contributed by atoms with Gasteiger partial charge < -0.3 is 4.74 Å². The Morgan fingerprint density at radius 3 is 2.43 bits per heavy atom. The minimum absolute atomic E-state index is 0.0976. The van der Waals surface area contributed by atoms with Crippen LogP contribution in [0.4, 0.5) is 4.79 Å². The Morgan fingerprint density at radius 1 is 1.09 bits per heavy atom. The molecule has 0 aromatic heterocycles. The summed E-state index contributed by atoms with van der Waals surface area (Å²) in [5, 5.41) is 1.76. The third-order valence-corrected chi connectivity index (χ3v) is 5.26. The molecule has 124 valence electrons. The molecular formula is C17H21NO4S. The van der Waals surface area contributed by atoms with E-state index in [2.05, 4.69) is 0 Å². The standard InChI is InChI=1S/C17H21NO4S/c1-3-5-12-18(17(19)22-4-2)23(20,21)16-11-10-14-8-6-7-9-15(14)13-16/h6-11,13H,3-5,12H2,1-2H3. The van der Waals surface area contributed by atoms with Crippen molar-refractivity contribution >= 4 is 26.9 Å². The van der Waals surface area contributed by atoms with Gasteiger partial charge in [0.05, 0.1) is 11.5 Å². The van der Waals surface area contributed by atoms with Gasteiger partial charge in [-0.2, -0.15) is 0 Å². The van der Waals surface area contributed by atoms with Gasteiger partial charge in [0.25, 0.3) is 10.0 Å². The summed E-state index contributed by atoms with van der Waals surface area (Å²) in [6.07, 6.45) is 0.545. The second-order valence-corrected chi connectivity index (χ2v) is 7.00. The zero-order valence-electron chi connectivity index (χ0n) is 13.4. The van der Waals surface area contributed by atoms with Gasteiger partial charge in [-0.15, -0.1) is 0 Å². The summed E-state index contributed by atoms with van der Waals surface area (Å²) in [7, 11) is -3.93. The molecule has 0 spiro atoms. The minimum Gasteiger partial charge on any atom is -0.449 e. The van der Waals surface area contributed by atoms with Crippen LogP contribution in [0, 0.1) is 0 Å². The number of carbonyl (C=O) groups is 1. The maximum atomic E-state index is 12.8. The highest BCUT2D eigenvalue weighted by molar-refractivity contribution is 7.89. The van der Waals surface area contributed by atoms with E-state index >= 15 is 0 Å². The number of rotatable bonds is 6. The zero-order valence-corrected chi connectivity index (χ0v) is 14.2. The van der Waals surface area contributed by atoms with Crippen molar-refractivity contribution in [3.8, 4) is 0 Å². The first-order valence-corrected chi connectivity index (χ1v) is 9.13. The Labute approximate surface area is 136 Å². The molecule has 23 heavy (non-hydrogen) atoms. The van der Waals surface area contributed by atoms with Crippen LogP contribution in [-0.4, -0.2) is 32.0 Å². The van der Waals surface area contributed by atoms with Crippen molar-refractivity contribution in [1.82, 2.24) is 4.31 Å². The monoisotopic (exact) mass is 335 g/mol. The van der Waals surface area contributed by atoms with Crippen LogP contribution in [0.2, 0.25) is 0 Å². The summed E-state index contributed by atoms with van der Waals surface area (Å²) < 4.78 is 31.4. The molecule has 0 bridgehead atoms. The largest absolute Gasteiger partial charge is 0.449 e. The van der Waals surface area contributed by atoms with Crippen LogP contribution in [0.3, 0.4) is 0 Å². The van der Waals surface area contributed by atoms with E-state index in [0.717, 1.165) is 21.5 Å². The molecule has 0 atom stereocenters. The van der Waals surface area contributed by atoms with E-state index < -0.39 is 16.1 Å². The number of amides is 1. The Kier molecular flexibility index (Phi) is 5.60. The predicted molar refractivity (Wildman–Crippen MR) is 89.8 cm³/mol. The number of nitrogens with zero attached hydrogens (tertiary/aromatic N) is 1. The maximum Gasteiger partial charge on any atom is 0.423 e. The number of hydrogen-bond donors (Lipinski definition) is 0. The van der Waals surface area contributed by atoms with Crippen molar-refractivity contribution in [1.29, 1.82) is 0 Å². The van der Waals surface area contributed by atoms with Crippen molar-refractivity contribution in [2.45, 2.75) is 31.6 Å². The molecule has 2 rings (SSSR count). The molecule has 0 aliphatic rings. The molecule has 0 aliphatic carbocycles. The minimum atomic E-state index is -3.93. The number of hydrogen-bond acceptors (Lipinski definition) is 4. The van der Waals surface area contributed by atoms with Gasteiger partial charge in [0.2, 0.25) is 0 Å². The molecule has 2 aromatic rings. The molecule has 0 fully saturated rings. The van der Waals surface area contributed by atoms with E-state index in [1.165, 1.54) is 6.07 Å². The third-order valence-electron chi connectivity index (χ3n) is 3.50. The van der Waals surface area contributed by atoms with E-state index in [9.17, 15) is 13.2 Å². The molecule has 0 heterocycles. The topological polar surface area (TPSA) is 63.7 Å². The lowest BCUT2D eigenvalue weighted by Gasteiger charge is -2.21. The van der Waals surface area contributed by atoms with Crippen molar-refractivity contribution in [2.24, 2.45) is 0 Å². The molecule has 1 amide bonds. The van der Waals surface area contributed by atoms with Crippen LogP contribution < -0.4 is 0 Å². The first kappa shape index (κ1) is 17.3. The van der Waals surface area contributed by atoms with Crippen molar-refractivity contribution < 1.29 is 17.9 Å². The number of benzene rings is 2. The highest BCUT2D eigenvalue weighted by Crippen LogP contribution is 2.22. The lowest BCUT2D eigenvalue weighted by Crippen LogP contribution is -2.38. The Morgan fingerprint density at radius 2 is 1.78 bits per heavy atom. The summed E-state index contributed by atoms with van der Waals surface area (Å²) in [6, 6.07) is 12.3. The highest BCUT2D eigenvalue weighted by atomic mass is 32.2. The Hall–Kier alpha value is -2.08. The molecule has 6 heteroatoms. The van der Waals surface area contributed by atoms with Gasteiger partial charge >= 0.3 is 6.09 Å². The molecule has 2 aromatic carbocycles. The molecule has 0 radical (unpaired) electrons. The fourth-order valence-corrected chi connectivity index (χ4v) is 3.65. The van der Waals surface area contributed by atoms with E-state index in [1.54, 1.807) is 19.1 Å².